The first-order chi connectivity index (χ1) is 8.60. The number of carbonyl (C=O) groups excluding carboxylic acids is 1. The molecule has 0 radical (unpaired) electrons. The Kier molecular flexibility index (Phi) is 4.38. The van der Waals surface area contributed by atoms with Crippen LogP contribution in [0.15, 0.2) is 24.4 Å². The van der Waals surface area contributed by atoms with Crippen molar-refractivity contribution in [2.45, 2.75) is 19.8 Å². The fraction of sp³-hybridized carbons (Fsp3) is 0.231. The third-order valence-electron chi connectivity index (χ3n) is 2.47. The van der Waals surface area contributed by atoms with Gasteiger partial charge in [0.15, 0.2) is 5.78 Å². The topological polar surface area (TPSA) is 30.0 Å². The van der Waals surface area contributed by atoms with Crippen molar-refractivity contribution < 1.29 is 4.79 Å². The smallest absolute Gasteiger partial charge is 0.187 e. The standard InChI is InChI=1S/C13H11Cl2NOS/c1-2-9-3-4-10(18-9)6-12(17)13-11(15)5-8(14)7-16-13/h3-5,7H,2,6H2,1H3. The number of halogens is 2. The summed E-state index contributed by atoms with van der Waals surface area (Å²) in [5, 5.41) is 0.737. The molecule has 0 saturated heterocycles. The molecule has 0 aromatic carbocycles. The SMILES string of the molecule is CCc1ccc(CC(=O)c2ncc(Cl)cc2Cl)s1. The van der Waals surface area contributed by atoms with Crippen LogP contribution in [0.25, 0.3) is 0 Å². The van der Waals surface area contributed by atoms with Gasteiger partial charge in [0.2, 0.25) is 0 Å². The Balaban J connectivity index is 2.16. The van der Waals surface area contributed by atoms with Crippen molar-refractivity contribution in [2.75, 3.05) is 0 Å². The van der Waals surface area contributed by atoms with Crippen LogP contribution >= 0.6 is 34.5 Å². The summed E-state index contributed by atoms with van der Waals surface area (Å²) in [6, 6.07) is 5.56. The number of carbonyl (C=O) groups is 1. The van der Waals surface area contributed by atoms with E-state index in [1.807, 2.05) is 12.1 Å². The highest BCUT2D eigenvalue weighted by atomic mass is 35.5. The van der Waals surface area contributed by atoms with E-state index in [1.165, 1.54) is 17.1 Å². The number of Topliss-reactive ketones (excluding diaryl/α,β-unsaturated/α-hetero) is 1. The molecule has 2 aromatic rings. The lowest BCUT2D eigenvalue weighted by Gasteiger charge is -2.01. The van der Waals surface area contributed by atoms with Crippen molar-refractivity contribution in [3.05, 3.63) is 49.9 Å². The molecule has 0 atom stereocenters. The largest absolute Gasteiger partial charge is 0.292 e. The fourth-order valence-corrected chi connectivity index (χ4v) is 3.01. The minimum absolute atomic E-state index is 0.0823. The van der Waals surface area contributed by atoms with Gasteiger partial charge in [0.05, 0.1) is 10.0 Å². The van der Waals surface area contributed by atoms with Gasteiger partial charge in [-0.2, -0.15) is 0 Å². The third-order valence-corrected chi connectivity index (χ3v) is 4.20. The maximum absolute atomic E-state index is 12.1. The molecule has 0 saturated carbocycles. The van der Waals surface area contributed by atoms with E-state index in [2.05, 4.69) is 11.9 Å². The van der Waals surface area contributed by atoms with Crippen LogP contribution in [0.1, 0.15) is 27.2 Å². The van der Waals surface area contributed by atoms with Gasteiger partial charge >= 0.3 is 0 Å². The second kappa shape index (κ2) is 5.83. The minimum atomic E-state index is -0.0823. The van der Waals surface area contributed by atoms with Crippen LogP contribution in [0, 0.1) is 0 Å². The summed E-state index contributed by atoms with van der Waals surface area (Å²) in [5.41, 5.74) is 0.285. The van der Waals surface area contributed by atoms with Gasteiger partial charge in [-0.15, -0.1) is 11.3 Å². The van der Waals surface area contributed by atoms with Crippen LogP contribution in [0.2, 0.25) is 10.0 Å². The van der Waals surface area contributed by atoms with Crippen molar-refractivity contribution in [1.82, 2.24) is 4.98 Å². The van der Waals surface area contributed by atoms with E-state index in [0.717, 1.165) is 11.3 Å². The van der Waals surface area contributed by atoms with Crippen LogP contribution in [-0.4, -0.2) is 10.8 Å². The molecule has 0 amide bonds. The summed E-state index contributed by atoms with van der Waals surface area (Å²) in [6.07, 6.45) is 2.75. The van der Waals surface area contributed by atoms with Gasteiger partial charge < -0.3 is 0 Å². The molecular formula is C13H11Cl2NOS. The number of rotatable bonds is 4. The number of thiophene rings is 1. The number of aromatic nitrogens is 1. The molecule has 0 spiro atoms. The Morgan fingerprint density at radius 1 is 1.33 bits per heavy atom. The van der Waals surface area contributed by atoms with E-state index in [9.17, 15) is 4.79 Å². The zero-order valence-electron chi connectivity index (χ0n) is 9.74. The molecule has 0 fully saturated rings. The van der Waals surface area contributed by atoms with Crippen molar-refractivity contribution >= 4 is 40.3 Å². The maximum Gasteiger partial charge on any atom is 0.187 e. The van der Waals surface area contributed by atoms with E-state index in [1.54, 1.807) is 11.3 Å². The number of nitrogens with zero attached hydrogens (tertiary/aromatic N) is 1. The molecular weight excluding hydrogens is 289 g/mol. The van der Waals surface area contributed by atoms with Gasteiger partial charge in [-0.3, -0.25) is 4.79 Å². The second-order valence-corrected chi connectivity index (χ2v) is 5.90. The predicted octanol–water partition coefficient (Wildman–Crippen LogP) is 4.44. The minimum Gasteiger partial charge on any atom is -0.292 e. The number of aryl methyl sites for hydroxylation is 1. The first-order valence-corrected chi connectivity index (χ1v) is 7.09. The molecule has 2 aromatic heterocycles. The fourth-order valence-electron chi connectivity index (χ4n) is 1.57. The highest BCUT2D eigenvalue weighted by Gasteiger charge is 2.14. The molecule has 0 aliphatic heterocycles. The summed E-state index contributed by atoms with van der Waals surface area (Å²) in [5.74, 6) is -0.0823. The molecule has 0 unspecified atom stereocenters. The average molecular weight is 300 g/mol. The Morgan fingerprint density at radius 2 is 2.06 bits per heavy atom. The van der Waals surface area contributed by atoms with Crippen LogP contribution < -0.4 is 0 Å². The number of hydrogen-bond acceptors (Lipinski definition) is 3. The molecule has 0 aliphatic carbocycles. The predicted molar refractivity (Wildman–Crippen MR) is 76.0 cm³/mol. The first kappa shape index (κ1) is 13.5. The summed E-state index contributed by atoms with van der Waals surface area (Å²) in [4.78, 5) is 18.4. The summed E-state index contributed by atoms with van der Waals surface area (Å²) < 4.78 is 0. The van der Waals surface area contributed by atoms with Gasteiger partial charge in [-0.1, -0.05) is 30.1 Å². The first-order valence-electron chi connectivity index (χ1n) is 5.52. The lowest BCUT2D eigenvalue weighted by molar-refractivity contribution is 0.0989. The maximum atomic E-state index is 12.1. The molecule has 0 aliphatic rings. The summed E-state index contributed by atoms with van der Waals surface area (Å²) in [7, 11) is 0. The zero-order valence-corrected chi connectivity index (χ0v) is 12.1. The van der Waals surface area contributed by atoms with Crippen LogP contribution in [-0.2, 0) is 12.8 Å². The number of ketones is 1. The van der Waals surface area contributed by atoms with Gasteiger partial charge in [0, 0.05) is 22.4 Å². The Hall–Kier alpha value is -0.900. The van der Waals surface area contributed by atoms with Crippen LogP contribution in [0.4, 0.5) is 0 Å². The van der Waals surface area contributed by atoms with Crippen molar-refractivity contribution in [2.24, 2.45) is 0 Å². The van der Waals surface area contributed by atoms with Gasteiger partial charge in [-0.05, 0) is 24.6 Å². The molecule has 2 nitrogen and oxygen atoms in total. The Bertz CT molecular complexity index is 580. The molecule has 18 heavy (non-hydrogen) atoms. The monoisotopic (exact) mass is 299 g/mol. The van der Waals surface area contributed by atoms with E-state index in [4.69, 9.17) is 23.2 Å². The molecule has 0 bridgehead atoms. The van der Waals surface area contributed by atoms with Gasteiger partial charge in [0.1, 0.15) is 5.69 Å². The molecule has 0 N–H and O–H groups in total. The van der Waals surface area contributed by atoms with Crippen molar-refractivity contribution in [3.63, 3.8) is 0 Å². The van der Waals surface area contributed by atoms with Crippen molar-refractivity contribution in [1.29, 1.82) is 0 Å². The molecule has 2 rings (SSSR count). The van der Waals surface area contributed by atoms with E-state index < -0.39 is 0 Å². The summed E-state index contributed by atoms with van der Waals surface area (Å²) >= 11 is 13.4. The van der Waals surface area contributed by atoms with Crippen LogP contribution in [0.5, 0.6) is 0 Å². The molecule has 2 heterocycles. The lowest BCUT2D eigenvalue weighted by atomic mass is 10.2. The van der Waals surface area contributed by atoms with E-state index in [0.29, 0.717) is 16.5 Å². The van der Waals surface area contributed by atoms with E-state index >= 15 is 0 Å². The highest BCUT2D eigenvalue weighted by molar-refractivity contribution is 7.12. The Morgan fingerprint density at radius 3 is 2.67 bits per heavy atom. The summed E-state index contributed by atoms with van der Waals surface area (Å²) in [6.45, 7) is 2.09. The van der Waals surface area contributed by atoms with Crippen molar-refractivity contribution in [3.8, 4) is 0 Å². The Labute approximate surface area is 120 Å². The van der Waals surface area contributed by atoms with E-state index in [-0.39, 0.29) is 11.5 Å². The third kappa shape index (κ3) is 3.10. The number of pyridine rings is 1. The normalized spacial score (nSPS) is 10.6. The average Bonchev–Trinajstić information content (AvgIpc) is 2.76. The van der Waals surface area contributed by atoms with Gasteiger partial charge in [-0.25, -0.2) is 4.98 Å². The zero-order chi connectivity index (χ0) is 13.1. The quantitative estimate of drug-likeness (QED) is 0.781. The molecule has 5 heteroatoms. The molecule has 94 valence electrons. The number of hydrogen-bond donors (Lipinski definition) is 0. The highest BCUT2D eigenvalue weighted by Crippen LogP contribution is 2.22. The second-order valence-electron chi connectivity index (χ2n) is 3.81. The van der Waals surface area contributed by atoms with Gasteiger partial charge in [0.25, 0.3) is 0 Å². The van der Waals surface area contributed by atoms with Crippen LogP contribution in [0.3, 0.4) is 0 Å². The lowest BCUT2D eigenvalue weighted by Crippen LogP contribution is -2.05.